The first kappa shape index (κ1) is 12.6. The van der Waals surface area contributed by atoms with Gasteiger partial charge in [-0.2, -0.15) is 0 Å². The molecule has 2 aromatic heterocycles. The van der Waals surface area contributed by atoms with Crippen LogP contribution in [0.15, 0.2) is 49.3 Å². The molecule has 6 nitrogen and oxygen atoms in total. The van der Waals surface area contributed by atoms with Gasteiger partial charge in [-0.15, -0.1) is 0 Å². The van der Waals surface area contributed by atoms with E-state index in [1.54, 1.807) is 23.3 Å². The van der Waals surface area contributed by atoms with Gasteiger partial charge in [-0.1, -0.05) is 12.1 Å². The molecular weight excluding hydrogens is 256 g/mol. The highest BCUT2D eigenvalue weighted by Gasteiger charge is 2.09. The van der Waals surface area contributed by atoms with Crippen LogP contribution in [0, 0.1) is 0 Å². The normalized spacial score (nSPS) is 12.4. The number of rotatable bonds is 5. The van der Waals surface area contributed by atoms with E-state index in [9.17, 15) is 5.11 Å². The van der Waals surface area contributed by atoms with Gasteiger partial charge in [-0.3, -0.25) is 0 Å². The van der Waals surface area contributed by atoms with E-state index >= 15 is 0 Å². The van der Waals surface area contributed by atoms with Crippen LogP contribution in [0.2, 0.25) is 0 Å². The van der Waals surface area contributed by atoms with E-state index in [1.807, 2.05) is 24.3 Å². The van der Waals surface area contributed by atoms with Crippen molar-refractivity contribution in [3.63, 3.8) is 0 Å². The minimum atomic E-state index is -0.627. The summed E-state index contributed by atoms with van der Waals surface area (Å²) < 4.78 is 7.39. The number of aliphatic hydroxyl groups is 1. The molecule has 0 spiro atoms. The quantitative estimate of drug-likeness (QED) is 0.755. The fourth-order valence-electron chi connectivity index (χ4n) is 1.96. The monoisotopic (exact) mass is 270 g/mol. The number of imidazole rings is 1. The molecule has 3 rings (SSSR count). The van der Waals surface area contributed by atoms with Gasteiger partial charge in [0.15, 0.2) is 0 Å². The predicted octanol–water partition coefficient (Wildman–Crippen LogP) is 1.27. The van der Waals surface area contributed by atoms with Crippen LogP contribution in [-0.2, 0) is 6.54 Å². The first-order valence-electron chi connectivity index (χ1n) is 6.29. The SMILES string of the molecule is OC(COc1ncnc2ccccc12)Cn1ccnc1. The molecule has 0 aliphatic carbocycles. The molecule has 0 radical (unpaired) electrons. The van der Waals surface area contributed by atoms with Crippen LogP contribution in [0.5, 0.6) is 5.88 Å². The summed E-state index contributed by atoms with van der Waals surface area (Å²) in [6.07, 6.45) is 5.95. The largest absolute Gasteiger partial charge is 0.474 e. The number of benzene rings is 1. The van der Waals surface area contributed by atoms with E-state index in [1.165, 1.54) is 6.33 Å². The topological polar surface area (TPSA) is 73.1 Å². The minimum Gasteiger partial charge on any atom is -0.474 e. The molecule has 6 heteroatoms. The van der Waals surface area contributed by atoms with Crippen LogP contribution in [0.1, 0.15) is 0 Å². The number of para-hydroxylation sites is 1. The third-order valence-corrected chi connectivity index (χ3v) is 2.90. The molecule has 0 aliphatic rings. The Morgan fingerprint density at radius 2 is 2.15 bits per heavy atom. The number of ether oxygens (including phenoxy) is 1. The third-order valence-electron chi connectivity index (χ3n) is 2.90. The number of nitrogens with zero attached hydrogens (tertiary/aromatic N) is 4. The van der Waals surface area contributed by atoms with Crippen LogP contribution < -0.4 is 4.74 Å². The maximum Gasteiger partial charge on any atom is 0.224 e. The molecular formula is C14H14N4O2. The Morgan fingerprint density at radius 3 is 3.00 bits per heavy atom. The molecule has 20 heavy (non-hydrogen) atoms. The second-order valence-electron chi connectivity index (χ2n) is 4.42. The summed E-state index contributed by atoms with van der Waals surface area (Å²) >= 11 is 0. The molecule has 3 aromatic rings. The van der Waals surface area contributed by atoms with E-state index in [0.29, 0.717) is 12.4 Å². The molecule has 0 aliphatic heterocycles. The molecule has 0 fully saturated rings. The first-order chi connectivity index (χ1) is 9.83. The van der Waals surface area contributed by atoms with E-state index in [4.69, 9.17) is 4.74 Å². The predicted molar refractivity (Wildman–Crippen MR) is 73.3 cm³/mol. The summed E-state index contributed by atoms with van der Waals surface area (Å²) in [5.74, 6) is 0.486. The molecule has 102 valence electrons. The van der Waals surface area contributed by atoms with Crippen LogP contribution in [0.25, 0.3) is 10.9 Å². The van der Waals surface area contributed by atoms with Gasteiger partial charge < -0.3 is 14.4 Å². The Morgan fingerprint density at radius 1 is 1.25 bits per heavy atom. The summed E-state index contributed by atoms with van der Waals surface area (Å²) in [6.45, 7) is 0.599. The molecule has 1 unspecified atom stereocenters. The minimum absolute atomic E-state index is 0.166. The second-order valence-corrected chi connectivity index (χ2v) is 4.42. The molecule has 1 atom stereocenters. The third kappa shape index (κ3) is 2.75. The zero-order valence-electron chi connectivity index (χ0n) is 10.8. The Balaban J connectivity index is 1.67. The zero-order chi connectivity index (χ0) is 13.8. The first-order valence-corrected chi connectivity index (χ1v) is 6.29. The van der Waals surface area contributed by atoms with E-state index in [0.717, 1.165) is 10.9 Å². The molecule has 0 saturated carbocycles. The van der Waals surface area contributed by atoms with Gasteiger partial charge in [0.05, 0.1) is 23.8 Å². The highest BCUT2D eigenvalue weighted by molar-refractivity contribution is 5.82. The molecule has 0 bridgehead atoms. The summed E-state index contributed by atoms with van der Waals surface area (Å²) in [7, 11) is 0. The van der Waals surface area contributed by atoms with Gasteiger partial charge in [-0.25, -0.2) is 15.0 Å². The van der Waals surface area contributed by atoms with Crippen molar-refractivity contribution in [2.75, 3.05) is 6.61 Å². The lowest BCUT2D eigenvalue weighted by Gasteiger charge is -2.13. The number of fused-ring (bicyclic) bond motifs is 1. The van der Waals surface area contributed by atoms with Gasteiger partial charge in [0.2, 0.25) is 5.88 Å². The van der Waals surface area contributed by atoms with E-state index < -0.39 is 6.10 Å². The Labute approximate surface area is 115 Å². The highest BCUT2D eigenvalue weighted by Crippen LogP contribution is 2.20. The second kappa shape index (κ2) is 5.66. The van der Waals surface area contributed by atoms with Crippen molar-refractivity contribution >= 4 is 10.9 Å². The molecule has 0 amide bonds. The van der Waals surface area contributed by atoms with Crippen LogP contribution in [0.4, 0.5) is 0 Å². The summed E-state index contributed by atoms with van der Waals surface area (Å²) in [5.41, 5.74) is 0.821. The number of aromatic nitrogens is 4. The van der Waals surface area contributed by atoms with Crippen molar-refractivity contribution in [1.82, 2.24) is 19.5 Å². The lowest BCUT2D eigenvalue weighted by Crippen LogP contribution is -2.23. The fourth-order valence-corrected chi connectivity index (χ4v) is 1.96. The van der Waals surface area contributed by atoms with Crippen LogP contribution in [0.3, 0.4) is 0 Å². The Hall–Kier alpha value is -2.47. The number of hydrogen-bond donors (Lipinski definition) is 1. The maximum atomic E-state index is 9.94. The van der Waals surface area contributed by atoms with Crippen LogP contribution >= 0.6 is 0 Å². The van der Waals surface area contributed by atoms with Crippen LogP contribution in [-0.4, -0.2) is 37.3 Å². The Bertz CT molecular complexity index is 679. The Kier molecular flexibility index (Phi) is 3.56. The van der Waals surface area contributed by atoms with Crippen molar-refractivity contribution in [3.05, 3.63) is 49.3 Å². The van der Waals surface area contributed by atoms with Crippen molar-refractivity contribution in [2.45, 2.75) is 12.6 Å². The van der Waals surface area contributed by atoms with Crippen molar-refractivity contribution in [1.29, 1.82) is 0 Å². The van der Waals surface area contributed by atoms with Gasteiger partial charge in [0, 0.05) is 12.4 Å². The summed E-state index contributed by atoms with van der Waals surface area (Å²) in [6, 6.07) is 7.60. The fraction of sp³-hybridized carbons (Fsp3) is 0.214. The highest BCUT2D eigenvalue weighted by atomic mass is 16.5. The summed E-state index contributed by atoms with van der Waals surface area (Å²) in [4.78, 5) is 12.2. The van der Waals surface area contributed by atoms with Crippen molar-refractivity contribution in [2.24, 2.45) is 0 Å². The van der Waals surface area contributed by atoms with Gasteiger partial charge in [0.1, 0.15) is 19.0 Å². The van der Waals surface area contributed by atoms with Crippen molar-refractivity contribution < 1.29 is 9.84 Å². The van der Waals surface area contributed by atoms with Gasteiger partial charge >= 0.3 is 0 Å². The summed E-state index contributed by atoms with van der Waals surface area (Å²) in [5, 5.41) is 10.8. The molecule has 1 N–H and O–H groups in total. The maximum absolute atomic E-state index is 9.94. The lowest BCUT2D eigenvalue weighted by atomic mass is 10.2. The number of aliphatic hydroxyl groups excluding tert-OH is 1. The van der Waals surface area contributed by atoms with Gasteiger partial charge in [0.25, 0.3) is 0 Å². The smallest absolute Gasteiger partial charge is 0.224 e. The number of hydrogen-bond acceptors (Lipinski definition) is 5. The van der Waals surface area contributed by atoms with E-state index in [-0.39, 0.29) is 6.61 Å². The molecule has 1 aromatic carbocycles. The van der Waals surface area contributed by atoms with Crippen molar-refractivity contribution in [3.8, 4) is 5.88 Å². The standard InChI is InChI=1S/C14H14N4O2/c19-11(7-18-6-5-15-10-18)8-20-14-12-3-1-2-4-13(12)16-9-17-14/h1-6,9-11,19H,7-8H2. The van der Waals surface area contributed by atoms with E-state index in [2.05, 4.69) is 15.0 Å². The average molecular weight is 270 g/mol. The average Bonchev–Trinajstić information content (AvgIpc) is 2.98. The lowest BCUT2D eigenvalue weighted by molar-refractivity contribution is 0.0910. The zero-order valence-corrected chi connectivity index (χ0v) is 10.8. The van der Waals surface area contributed by atoms with Gasteiger partial charge in [-0.05, 0) is 12.1 Å². The molecule has 0 saturated heterocycles. The molecule has 2 heterocycles.